The SMILES string of the molecule is CC1CCCC(C)N1CO. The summed E-state index contributed by atoms with van der Waals surface area (Å²) in [6, 6.07) is 1.16. The van der Waals surface area contributed by atoms with Gasteiger partial charge in [-0.15, -0.1) is 0 Å². The zero-order chi connectivity index (χ0) is 7.56. The first-order valence-corrected chi connectivity index (χ1v) is 4.12. The van der Waals surface area contributed by atoms with Gasteiger partial charge in [-0.3, -0.25) is 4.90 Å². The number of hydrogen-bond acceptors (Lipinski definition) is 2. The van der Waals surface area contributed by atoms with Crippen molar-refractivity contribution in [1.82, 2.24) is 4.90 Å². The largest absolute Gasteiger partial charge is 0.381 e. The molecule has 0 amide bonds. The summed E-state index contributed by atoms with van der Waals surface area (Å²) < 4.78 is 0. The van der Waals surface area contributed by atoms with Gasteiger partial charge in [0, 0.05) is 12.1 Å². The van der Waals surface area contributed by atoms with Gasteiger partial charge < -0.3 is 5.11 Å². The first-order valence-electron chi connectivity index (χ1n) is 4.12. The van der Waals surface area contributed by atoms with Crippen molar-refractivity contribution in [2.75, 3.05) is 6.73 Å². The standard InChI is InChI=1S/C8H17NO/c1-7-4-3-5-8(2)9(7)6-10/h7-8,10H,3-6H2,1-2H3. The summed E-state index contributed by atoms with van der Waals surface area (Å²) in [5.74, 6) is 0. The van der Waals surface area contributed by atoms with Gasteiger partial charge in [0.05, 0.1) is 6.73 Å². The smallest absolute Gasteiger partial charge is 0.0961 e. The van der Waals surface area contributed by atoms with Gasteiger partial charge in [-0.1, -0.05) is 6.42 Å². The molecule has 0 spiro atoms. The molecule has 0 aromatic carbocycles. The number of aliphatic hydroxyl groups excluding tert-OH is 1. The van der Waals surface area contributed by atoms with E-state index in [1.807, 2.05) is 0 Å². The quantitative estimate of drug-likeness (QED) is 0.596. The van der Waals surface area contributed by atoms with Gasteiger partial charge in [0.15, 0.2) is 0 Å². The number of piperidine rings is 1. The zero-order valence-corrected chi connectivity index (χ0v) is 6.88. The van der Waals surface area contributed by atoms with Crippen LogP contribution < -0.4 is 0 Å². The number of rotatable bonds is 1. The van der Waals surface area contributed by atoms with Crippen LogP contribution in [-0.4, -0.2) is 28.8 Å². The Bertz CT molecular complexity index is 95.4. The van der Waals surface area contributed by atoms with Crippen LogP contribution in [0.5, 0.6) is 0 Å². The van der Waals surface area contributed by atoms with Crippen LogP contribution in [0.1, 0.15) is 33.1 Å². The molecule has 1 N–H and O–H groups in total. The highest BCUT2D eigenvalue weighted by atomic mass is 16.3. The van der Waals surface area contributed by atoms with Gasteiger partial charge in [-0.2, -0.15) is 0 Å². The van der Waals surface area contributed by atoms with Crippen LogP contribution in [0.3, 0.4) is 0 Å². The molecule has 0 bridgehead atoms. The first-order chi connectivity index (χ1) is 4.75. The van der Waals surface area contributed by atoms with Crippen molar-refractivity contribution in [3.05, 3.63) is 0 Å². The number of likely N-dealkylation sites (tertiary alicyclic amines) is 1. The van der Waals surface area contributed by atoms with Gasteiger partial charge in [0.2, 0.25) is 0 Å². The predicted molar refractivity (Wildman–Crippen MR) is 41.7 cm³/mol. The van der Waals surface area contributed by atoms with E-state index in [1.54, 1.807) is 0 Å². The summed E-state index contributed by atoms with van der Waals surface area (Å²) >= 11 is 0. The minimum Gasteiger partial charge on any atom is -0.381 e. The molecule has 0 radical (unpaired) electrons. The van der Waals surface area contributed by atoms with E-state index < -0.39 is 0 Å². The third-order valence-corrected chi connectivity index (χ3v) is 2.54. The van der Waals surface area contributed by atoms with Crippen LogP contribution in [0.2, 0.25) is 0 Å². The summed E-state index contributed by atoms with van der Waals surface area (Å²) in [4.78, 5) is 2.16. The van der Waals surface area contributed by atoms with Gasteiger partial charge in [0.1, 0.15) is 0 Å². The highest BCUT2D eigenvalue weighted by molar-refractivity contribution is 4.76. The Balaban J connectivity index is 2.45. The molecular weight excluding hydrogens is 126 g/mol. The average Bonchev–Trinajstić information content (AvgIpc) is 1.88. The van der Waals surface area contributed by atoms with Crippen molar-refractivity contribution in [2.45, 2.75) is 45.2 Å². The van der Waals surface area contributed by atoms with Crippen molar-refractivity contribution >= 4 is 0 Å². The van der Waals surface area contributed by atoms with Crippen LogP contribution in [0.25, 0.3) is 0 Å². The van der Waals surface area contributed by atoms with Crippen molar-refractivity contribution in [3.8, 4) is 0 Å². The maximum atomic E-state index is 8.96. The molecule has 1 fully saturated rings. The molecule has 2 heteroatoms. The van der Waals surface area contributed by atoms with Gasteiger partial charge in [-0.25, -0.2) is 0 Å². The molecule has 0 aromatic rings. The van der Waals surface area contributed by atoms with E-state index in [9.17, 15) is 0 Å². The first kappa shape index (κ1) is 8.02. The Morgan fingerprint density at radius 2 is 1.80 bits per heavy atom. The third kappa shape index (κ3) is 1.50. The second-order valence-corrected chi connectivity index (χ2v) is 3.28. The van der Waals surface area contributed by atoms with Crippen molar-refractivity contribution < 1.29 is 5.11 Å². The van der Waals surface area contributed by atoms with Gasteiger partial charge in [-0.05, 0) is 26.7 Å². The normalized spacial score (nSPS) is 36.3. The second kappa shape index (κ2) is 3.35. The molecule has 1 aliphatic heterocycles. The Kier molecular flexibility index (Phi) is 2.69. The average molecular weight is 143 g/mol. The Hall–Kier alpha value is -0.0800. The van der Waals surface area contributed by atoms with Gasteiger partial charge in [0.25, 0.3) is 0 Å². The molecule has 60 valence electrons. The summed E-state index contributed by atoms with van der Waals surface area (Å²) in [6.07, 6.45) is 3.80. The minimum absolute atomic E-state index is 0.225. The van der Waals surface area contributed by atoms with Crippen LogP contribution in [0.4, 0.5) is 0 Å². The van der Waals surface area contributed by atoms with Crippen LogP contribution in [0, 0.1) is 0 Å². The predicted octanol–water partition coefficient (Wildman–Crippen LogP) is 1.20. The minimum atomic E-state index is 0.225. The van der Waals surface area contributed by atoms with Crippen LogP contribution >= 0.6 is 0 Å². The molecule has 0 saturated carbocycles. The lowest BCUT2D eigenvalue weighted by molar-refractivity contribution is 0.0148. The maximum absolute atomic E-state index is 8.96. The fourth-order valence-corrected chi connectivity index (χ4v) is 1.75. The van der Waals surface area contributed by atoms with Crippen molar-refractivity contribution in [2.24, 2.45) is 0 Å². The van der Waals surface area contributed by atoms with Gasteiger partial charge >= 0.3 is 0 Å². The van der Waals surface area contributed by atoms with Crippen molar-refractivity contribution in [1.29, 1.82) is 0 Å². The summed E-state index contributed by atoms with van der Waals surface area (Å²) in [6.45, 7) is 4.60. The van der Waals surface area contributed by atoms with Crippen molar-refractivity contribution in [3.63, 3.8) is 0 Å². The highest BCUT2D eigenvalue weighted by Gasteiger charge is 2.22. The Morgan fingerprint density at radius 3 is 2.10 bits per heavy atom. The molecule has 1 heterocycles. The fourth-order valence-electron chi connectivity index (χ4n) is 1.75. The monoisotopic (exact) mass is 143 g/mol. The Morgan fingerprint density at radius 1 is 1.30 bits per heavy atom. The second-order valence-electron chi connectivity index (χ2n) is 3.28. The zero-order valence-electron chi connectivity index (χ0n) is 6.88. The van der Waals surface area contributed by atoms with Crippen LogP contribution in [0.15, 0.2) is 0 Å². The molecule has 0 aromatic heterocycles. The molecule has 1 aliphatic rings. The number of hydrogen-bond donors (Lipinski definition) is 1. The molecule has 2 nitrogen and oxygen atoms in total. The molecular formula is C8H17NO. The van der Waals surface area contributed by atoms with E-state index in [1.165, 1.54) is 19.3 Å². The number of aliphatic hydroxyl groups is 1. The Labute approximate surface area is 62.8 Å². The summed E-state index contributed by atoms with van der Waals surface area (Å²) in [7, 11) is 0. The lowest BCUT2D eigenvalue weighted by Gasteiger charge is -2.37. The molecule has 2 unspecified atom stereocenters. The molecule has 0 aliphatic carbocycles. The molecule has 1 saturated heterocycles. The van der Waals surface area contributed by atoms with E-state index in [0.717, 1.165) is 0 Å². The summed E-state index contributed by atoms with van der Waals surface area (Å²) in [5, 5.41) is 8.96. The fraction of sp³-hybridized carbons (Fsp3) is 1.00. The van der Waals surface area contributed by atoms with E-state index in [4.69, 9.17) is 5.11 Å². The molecule has 10 heavy (non-hydrogen) atoms. The van der Waals surface area contributed by atoms with E-state index in [2.05, 4.69) is 18.7 Å². The summed E-state index contributed by atoms with van der Waals surface area (Å²) in [5.41, 5.74) is 0. The van der Waals surface area contributed by atoms with E-state index in [0.29, 0.717) is 12.1 Å². The number of nitrogens with zero attached hydrogens (tertiary/aromatic N) is 1. The third-order valence-electron chi connectivity index (χ3n) is 2.54. The topological polar surface area (TPSA) is 23.5 Å². The lowest BCUT2D eigenvalue weighted by atomic mass is 9.98. The molecule has 1 rings (SSSR count). The van der Waals surface area contributed by atoms with Crippen LogP contribution in [-0.2, 0) is 0 Å². The van der Waals surface area contributed by atoms with E-state index in [-0.39, 0.29) is 6.73 Å². The molecule has 2 atom stereocenters. The van der Waals surface area contributed by atoms with E-state index >= 15 is 0 Å². The highest BCUT2D eigenvalue weighted by Crippen LogP contribution is 2.20. The maximum Gasteiger partial charge on any atom is 0.0961 e. The lowest BCUT2D eigenvalue weighted by Crippen LogP contribution is -2.43.